The van der Waals surface area contributed by atoms with Crippen molar-refractivity contribution in [3.8, 4) is 5.75 Å². The summed E-state index contributed by atoms with van der Waals surface area (Å²) in [7, 11) is 0. The molecule has 0 aliphatic carbocycles. The molecule has 0 radical (unpaired) electrons. The highest BCUT2D eigenvalue weighted by Crippen LogP contribution is 2.22. The summed E-state index contributed by atoms with van der Waals surface area (Å²) in [5.41, 5.74) is 6.08. The first-order valence-corrected chi connectivity index (χ1v) is 9.35. The quantitative estimate of drug-likeness (QED) is 0.701. The number of nitrogens with zero attached hydrogens (tertiary/aromatic N) is 2. The highest BCUT2D eigenvalue weighted by atomic mass is 16.5. The number of fused-ring (bicyclic) bond motifs is 1. The summed E-state index contributed by atoms with van der Waals surface area (Å²) in [6, 6.07) is 11.7. The monoisotopic (exact) mass is 392 g/mol. The van der Waals surface area contributed by atoms with Crippen molar-refractivity contribution in [3.63, 3.8) is 0 Å². The average Bonchev–Trinajstić information content (AvgIpc) is 2.73. The van der Waals surface area contributed by atoms with Crippen molar-refractivity contribution in [2.75, 3.05) is 13.1 Å². The Morgan fingerprint density at radius 3 is 2.86 bits per heavy atom. The molecule has 1 unspecified atom stereocenters. The van der Waals surface area contributed by atoms with Crippen LogP contribution in [0, 0.1) is 0 Å². The summed E-state index contributed by atoms with van der Waals surface area (Å²) in [5.74, 6) is -0.347. The van der Waals surface area contributed by atoms with E-state index < -0.39 is 5.91 Å². The number of amides is 2. The summed E-state index contributed by atoms with van der Waals surface area (Å²) in [6.07, 6.45) is 2.77. The van der Waals surface area contributed by atoms with Crippen LogP contribution in [0.5, 0.6) is 5.75 Å². The Bertz CT molecular complexity index is 1140. The van der Waals surface area contributed by atoms with Gasteiger partial charge in [0, 0.05) is 35.8 Å². The Labute approximate surface area is 166 Å². The second-order valence-corrected chi connectivity index (χ2v) is 6.97. The van der Waals surface area contributed by atoms with Crippen LogP contribution in [0.4, 0.5) is 0 Å². The van der Waals surface area contributed by atoms with Crippen molar-refractivity contribution in [1.82, 2.24) is 14.9 Å². The van der Waals surface area contributed by atoms with E-state index in [4.69, 9.17) is 10.5 Å². The van der Waals surface area contributed by atoms with Crippen molar-refractivity contribution in [2.45, 2.75) is 18.9 Å². The number of primary amides is 1. The number of aromatic amines is 1. The minimum absolute atomic E-state index is 0.126. The number of rotatable bonds is 4. The van der Waals surface area contributed by atoms with Gasteiger partial charge in [-0.1, -0.05) is 18.2 Å². The van der Waals surface area contributed by atoms with Gasteiger partial charge in [-0.15, -0.1) is 0 Å². The maximum atomic E-state index is 13.2. The molecule has 1 aliphatic rings. The molecule has 1 fully saturated rings. The number of hydrogen-bond acceptors (Lipinski definition) is 5. The van der Waals surface area contributed by atoms with E-state index in [1.54, 1.807) is 17.0 Å². The second kappa shape index (κ2) is 7.75. The molecule has 1 saturated heterocycles. The molecule has 3 N–H and O–H groups in total. The smallest absolute Gasteiger partial charge is 0.267 e. The number of aromatic nitrogens is 2. The summed E-state index contributed by atoms with van der Waals surface area (Å²) in [4.78, 5) is 44.8. The van der Waals surface area contributed by atoms with Crippen LogP contribution in [0.15, 0.2) is 53.5 Å². The molecule has 8 nitrogen and oxygen atoms in total. The van der Waals surface area contributed by atoms with E-state index in [2.05, 4.69) is 9.97 Å². The minimum atomic E-state index is -0.628. The van der Waals surface area contributed by atoms with Crippen molar-refractivity contribution >= 4 is 22.7 Å². The van der Waals surface area contributed by atoms with Crippen LogP contribution in [-0.4, -0.2) is 45.9 Å². The first kappa shape index (κ1) is 18.7. The van der Waals surface area contributed by atoms with Crippen molar-refractivity contribution < 1.29 is 14.3 Å². The van der Waals surface area contributed by atoms with E-state index in [9.17, 15) is 14.4 Å². The number of ether oxygens (including phenoxy) is 1. The predicted octanol–water partition coefficient (Wildman–Crippen LogP) is 1.71. The van der Waals surface area contributed by atoms with Gasteiger partial charge in [0.25, 0.3) is 11.8 Å². The SMILES string of the molecule is NC(=O)c1cc(OC2CCCN(C(=O)c3cc(=O)[nH]c4ccccc34)C2)ccn1. The zero-order valence-electron chi connectivity index (χ0n) is 15.6. The van der Waals surface area contributed by atoms with E-state index in [1.165, 1.54) is 18.3 Å². The second-order valence-electron chi connectivity index (χ2n) is 6.97. The van der Waals surface area contributed by atoms with Gasteiger partial charge in [-0.25, -0.2) is 0 Å². The normalized spacial score (nSPS) is 16.6. The van der Waals surface area contributed by atoms with Crippen molar-refractivity contribution in [1.29, 1.82) is 0 Å². The fraction of sp³-hybridized carbons (Fsp3) is 0.238. The molecule has 4 rings (SSSR count). The number of carbonyl (C=O) groups excluding carboxylic acids is 2. The van der Waals surface area contributed by atoms with Crippen LogP contribution < -0.4 is 16.0 Å². The molecule has 148 valence electrons. The number of nitrogens with two attached hydrogens (primary N) is 1. The molecular formula is C21H20N4O4. The van der Waals surface area contributed by atoms with Crippen molar-refractivity contribution in [2.24, 2.45) is 5.73 Å². The Hall–Kier alpha value is -3.68. The Kier molecular flexibility index (Phi) is 4.99. The molecule has 0 bridgehead atoms. The van der Waals surface area contributed by atoms with Crippen LogP contribution >= 0.6 is 0 Å². The van der Waals surface area contributed by atoms with E-state index in [1.807, 2.05) is 18.2 Å². The summed E-state index contributed by atoms with van der Waals surface area (Å²) >= 11 is 0. The van der Waals surface area contributed by atoms with Gasteiger partial charge < -0.3 is 20.4 Å². The van der Waals surface area contributed by atoms with E-state index in [0.717, 1.165) is 12.8 Å². The molecule has 8 heteroatoms. The molecule has 1 aliphatic heterocycles. The average molecular weight is 392 g/mol. The van der Waals surface area contributed by atoms with Gasteiger partial charge in [-0.3, -0.25) is 19.4 Å². The first-order valence-electron chi connectivity index (χ1n) is 9.35. The lowest BCUT2D eigenvalue weighted by atomic mass is 10.0. The van der Waals surface area contributed by atoms with Crippen LogP contribution in [0.1, 0.15) is 33.7 Å². The van der Waals surface area contributed by atoms with Gasteiger partial charge in [-0.2, -0.15) is 0 Å². The third kappa shape index (κ3) is 3.96. The van der Waals surface area contributed by atoms with Gasteiger partial charge in [-0.05, 0) is 25.0 Å². The molecule has 3 heterocycles. The largest absolute Gasteiger partial charge is 0.488 e. The molecule has 3 aromatic rings. The predicted molar refractivity (Wildman–Crippen MR) is 107 cm³/mol. The molecule has 2 aromatic heterocycles. The summed E-state index contributed by atoms with van der Waals surface area (Å²) < 4.78 is 5.96. The van der Waals surface area contributed by atoms with E-state index in [-0.39, 0.29) is 23.3 Å². The van der Waals surface area contributed by atoms with Crippen molar-refractivity contribution in [3.05, 3.63) is 70.3 Å². The molecule has 0 saturated carbocycles. The fourth-order valence-electron chi connectivity index (χ4n) is 3.58. The first-order chi connectivity index (χ1) is 14.0. The number of para-hydroxylation sites is 1. The maximum Gasteiger partial charge on any atom is 0.267 e. The third-order valence-electron chi connectivity index (χ3n) is 4.93. The summed E-state index contributed by atoms with van der Waals surface area (Å²) in [6.45, 7) is 0.969. The van der Waals surface area contributed by atoms with Crippen LogP contribution in [0.25, 0.3) is 10.9 Å². The van der Waals surface area contributed by atoms with Gasteiger partial charge >= 0.3 is 0 Å². The summed E-state index contributed by atoms with van der Waals surface area (Å²) in [5, 5.41) is 0.709. The lowest BCUT2D eigenvalue weighted by Gasteiger charge is -2.33. The molecule has 1 aromatic carbocycles. The van der Waals surface area contributed by atoms with Gasteiger partial charge in [0.1, 0.15) is 17.5 Å². The number of benzene rings is 1. The van der Waals surface area contributed by atoms with Gasteiger partial charge in [0.2, 0.25) is 5.56 Å². The number of likely N-dealkylation sites (tertiary alicyclic amines) is 1. The number of pyridine rings is 2. The lowest BCUT2D eigenvalue weighted by Crippen LogP contribution is -2.44. The highest BCUT2D eigenvalue weighted by molar-refractivity contribution is 6.06. The standard InChI is InChI=1S/C21H20N4O4/c22-20(27)18-10-13(7-8-23-18)29-14-4-3-9-25(12-14)21(28)16-11-19(26)24-17-6-2-1-5-15(16)17/h1-2,5-8,10-11,14H,3-4,9,12H2,(H2,22,27)(H,24,26). The van der Waals surface area contributed by atoms with E-state index in [0.29, 0.717) is 35.3 Å². The zero-order chi connectivity index (χ0) is 20.4. The number of hydrogen-bond donors (Lipinski definition) is 2. The minimum Gasteiger partial charge on any atom is -0.488 e. The van der Waals surface area contributed by atoms with Crippen LogP contribution in [-0.2, 0) is 0 Å². The third-order valence-corrected chi connectivity index (χ3v) is 4.93. The van der Waals surface area contributed by atoms with Crippen LogP contribution in [0.2, 0.25) is 0 Å². The zero-order valence-corrected chi connectivity index (χ0v) is 15.6. The number of carbonyl (C=O) groups is 2. The van der Waals surface area contributed by atoms with Crippen LogP contribution in [0.3, 0.4) is 0 Å². The Balaban J connectivity index is 1.55. The number of H-pyrrole nitrogens is 1. The van der Waals surface area contributed by atoms with Gasteiger partial charge in [0.15, 0.2) is 0 Å². The Morgan fingerprint density at radius 2 is 2.03 bits per heavy atom. The molecule has 2 amide bonds. The maximum absolute atomic E-state index is 13.2. The molecule has 29 heavy (non-hydrogen) atoms. The Morgan fingerprint density at radius 1 is 1.21 bits per heavy atom. The number of nitrogens with one attached hydrogen (secondary N) is 1. The fourth-order valence-corrected chi connectivity index (χ4v) is 3.58. The molecule has 1 atom stereocenters. The van der Waals surface area contributed by atoms with E-state index >= 15 is 0 Å². The van der Waals surface area contributed by atoms with Gasteiger partial charge in [0.05, 0.1) is 12.1 Å². The topological polar surface area (TPSA) is 118 Å². The number of piperidine rings is 1. The molecular weight excluding hydrogens is 372 g/mol. The highest BCUT2D eigenvalue weighted by Gasteiger charge is 2.27. The lowest BCUT2D eigenvalue weighted by molar-refractivity contribution is 0.0539. The molecule has 0 spiro atoms.